The lowest BCUT2D eigenvalue weighted by Crippen LogP contribution is -2.53. The summed E-state index contributed by atoms with van der Waals surface area (Å²) in [6.07, 6.45) is 11.1. The Kier molecular flexibility index (Phi) is 3.89. The van der Waals surface area contributed by atoms with Gasteiger partial charge >= 0.3 is 0 Å². The Morgan fingerprint density at radius 1 is 0.870 bits per heavy atom. The Morgan fingerprint density at radius 2 is 1.52 bits per heavy atom. The fourth-order valence-electron chi connectivity index (χ4n) is 8.09. The average molecular weight is 321 g/mol. The number of hydrogen-bond acceptors (Lipinski definition) is 2. The van der Waals surface area contributed by atoms with Crippen LogP contribution in [0.5, 0.6) is 0 Å². The third-order valence-corrected chi connectivity index (χ3v) is 9.12. The molecule has 9 atom stereocenters. The summed E-state index contributed by atoms with van der Waals surface area (Å²) < 4.78 is 0. The van der Waals surface area contributed by atoms with E-state index in [-0.39, 0.29) is 12.2 Å². The van der Waals surface area contributed by atoms with Gasteiger partial charge in [0.1, 0.15) is 0 Å². The summed E-state index contributed by atoms with van der Waals surface area (Å²) in [4.78, 5) is 0. The summed E-state index contributed by atoms with van der Waals surface area (Å²) in [6.45, 7) is 6.98. The molecule has 0 radical (unpaired) electrons. The summed E-state index contributed by atoms with van der Waals surface area (Å²) in [5.74, 6) is 4.00. The Balaban J connectivity index is 1.59. The van der Waals surface area contributed by atoms with Crippen molar-refractivity contribution in [2.45, 2.75) is 90.8 Å². The fourth-order valence-corrected chi connectivity index (χ4v) is 8.09. The lowest BCUT2D eigenvalue weighted by Gasteiger charge is -2.59. The van der Waals surface area contributed by atoms with Crippen molar-refractivity contribution < 1.29 is 10.2 Å². The highest BCUT2D eigenvalue weighted by Crippen LogP contribution is 2.66. The van der Waals surface area contributed by atoms with Gasteiger partial charge in [-0.25, -0.2) is 0 Å². The van der Waals surface area contributed by atoms with Crippen molar-refractivity contribution in [3.8, 4) is 0 Å². The Morgan fingerprint density at radius 3 is 2.26 bits per heavy atom. The topological polar surface area (TPSA) is 40.5 Å². The molecule has 0 aromatic carbocycles. The molecular formula is C21H36O2. The van der Waals surface area contributed by atoms with Crippen molar-refractivity contribution >= 4 is 0 Å². The van der Waals surface area contributed by atoms with Gasteiger partial charge in [0.05, 0.1) is 12.2 Å². The molecule has 4 saturated carbocycles. The summed E-state index contributed by atoms with van der Waals surface area (Å²) in [5, 5.41) is 20.5. The number of rotatable bonds is 1. The van der Waals surface area contributed by atoms with E-state index in [0.29, 0.717) is 16.7 Å². The molecule has 0 unspecified atom stereocenters. The highest BCUT2D eigenvalue weighted by molar-refractivity contribution is 5.08. The smallest absolute Gasteiger partial charge is 0.0545 e. The second-order valence-corrected chi connectivity index (χ2v) is 10.1. The van der Waals surface area contributed by atoms with Crippen LogP contribution in [-0.4, -0.2) is 22.4 Å². The second kappa shape index (κ2) is 5.46. The number of fused-ring (bicyclic) bond motifs is 5. The van der Waals surface area contributed by atoms with Gasteiger partial charge < -0.3 is 10.2 Å². The van der Waals surface area contributed by atoms with E-state index in [2.05, 4.69) is 13.8 Å². The summed E-state index contributed by atoms with van der Waals surface area (Å²) in [5.41, 5.74) is 0.784. The van der Waals surface area contributed by atoms with Crippen LogP contribution in [0, 0.1) is 40.4 Å². The molecular weight excluding hydrogens is 284 g/mol. The predicted molar refractivity (Wildman–Crippen MR) is 92.9 cm³/mol. The molecule has 0 heterocycles. The van der Waals surface area contributed by atoms with Crippen LogP contribution in [0.25, 0.3) is 0 Å². The van der Waals surface area contributed by atoms with E-state index in [1.165, 1.54) is 44.9 Å². The first-order chi connectivity index (χ1) is 10.8. The van der Waals surface area contributed by atoms with Gasteiger partial charge in [-0.3, -0.25) is 0 Å². The zero-order chi connectivity index (χ0) is 16.4. The largest absolute Gasteiger partial charge is 0.393 e. The van der Waals surface area contributed by atoms with Gasteiger partial charge in [0.2, 0.25) is 0 Å². The average Bonchev–Trinajstić information content (AvgIpc) is 2.83. The van der Waals surface area contributed by atoms with Gasteiger partial charge in [0, 0.05) is 0 Å². The quantitative estimate of drug-likeness (QED) is 0.752. The zero-order valence-corrected chi connectivity index (χ0v) is 15.3. The molecule has 132 valence electrons. The van der Waals surface area contributed by atoms with Crippen LogP contribution in [0.2, 0.25) is 0 Å². The third kappa shape index (κ3) is 2.34. The molecule has 4 aliphatic rings. The molecule has 0 aromatic heterocycles. The predicted octanol–water partition coefficient (Wildman–Crippen LogP) is 4.39. The van der Waals surface area contributed by atoms with E-state index in [1.807, 2.05) is 6.92 Å². The molecule has 2 nitrogen and oxygen atoms in total. The van der Waals surface area contributed by atoms with Crippen LogP contribution in [-0.2, 0) is 0 Å². The molecule has 23 heavy (non-hydrogen) atoms. The van der Waals surface area contributed by atoms with Crippen LogP contribution < -0.4 is 0 Å². The molecule has 0 aliphatic heterocycles. The van der Waals surface area contributed by atoms with Gasteiger partial charge in [-0.05, 0) is 105 Å². The Bertz CT molecular complexity index is 461. The highest BCUT2D eigenvalue weighted by Gasteiger charge is 2.59. The molecule has 0 bridgehead atoms. The maximum atomic E-state index is 10.3. The van der Waals surface area contributed by atoms with Crippen molar-refractivity contribution in [1.29, 1.82) is 0 Å². The monoisotopic (exact) mass is 320 g/mol. The van der Waals surface area contributed by atoms with Gasteiger partial charge in [-0.2, -0.15) is 0 Å². The molecule has 0 spiro atoms. The van der Waals surface area contributed by atoms with Crippen LogP contribution in [0.4, 0.5) is 0 Å². The first kappa shape index (κ1) is 16.4. The molecule has 4 rings (SSSR count). The number of aliphatic hydroxyl groups excluding tert-OH is 2. The van der Waals surface area contributed by atoms with Gasteiger partial charge in [0.15, 0.2) is 0 Å². The van der Waals surface area contributed by atoms with Crippen molar-refractivity contribution in [3.05, 3.63) is 0 Å². The van der Waals surface area contributed by atoms with Gasteiger partial charge in [0.25, 0.3) is 0 Å². The van der Waals surface area contributed by atoms with Crippen molar-refractivity contribution in [1.82, 2.24) is 0 Å². The number of aliphatic hydroxyl groups is 2. The van der Waals surface area contributed by atoms with E-state index in [0.717, 1.165) is 36.5 Å². The third-order valence-electron chi connectivity index (χ3n) is 9.12. The Labute approximate surface area is 142 Å². The second-order valence-electron chi connectivity index (χ2n) is 10.1. The summed E-state index contributed by atoms with van der Waals surface area (Å²) >= 11 is 0. The van der Waals surface area contributed by atoms with Gasteiger partial charge in [-0.15, -0.1) is 0 Å². The summed E-state index contributed by atoms with van der Waals surface area (Å²) in [6, 6.07) is 0. The number of hydrogen-bond donors (Lipinski definition) is 2. The van der Waals surface area contributed by atoms with Gasteiger partial charge in [-0.1, -0.05) is 13.8 Å². The van der Waals surface area contributed by atoms with Crippen molar-refractivity contribution in [3.63, 3.8) is 0 Å². The minimum absolute atomic E-state index is 0.0484. The van der Waals surface area contributed by atoms with Crippen LogP contribution in [0.15, 0.2) is 0 Å². The van der Waals surface area contributed by atoms with Crippen molar-refractivity contribution in [2.24, 2.45) is 40.4 Å². The maximum Gasteiger partial charge on any atom is 0.0545 e. The minimum atomic E-state index is -0.139. The molecule has 0 amide bonds. The highest BCUT2D eigenvalue weighted by atomic mass is 16.3. The maximum absolute atomic E-state index is 10.3. The first-order valence-corrected chi connectivity index (χ1v) is 10.2. The molecule has 4 fully saturated rings. The Hall–Kier alpha value is -0.0800. The standard InChI is InChI=1S/C21H36O2/c1-13(22)17-6-7-19-16-8-10-20(2)12-14(23)4-5-18(20)15(16)9-11-21(17,19)3/h13-19,22-23H,4-12H2,1-3H3/t13-,14+,15+,16-,17-,18-,19+,20-,21-/m1/s1. The van der Waals surface area contributed by atoms with E-state index >= 15 is 0 Å². The normalized spacial score (nSPS) is 57.3. The van der Waals surface area contributed by atoms with E-state index in [1.54, 1.807) is 0 Å². The van der Waals surface area contributed by atoms with Crippen LogP contribution in [0.3, 0.4) is 0 Å². The molecule has 2 N–H and O–H groups in total. The van der Waals surface area contributed by atoms with E-state index in [9.17, 15) is 10.2 Å². The van der Waals surface area contributed by atoms with Crippen LogP contribution in [0.1, 0.15) is 78.6 Å². The van der Waals surface area contributed by atoms with Crippen molar-refractivity contribution in [2.75, 3.05) is 0 Å². The molecule has 0 saturated heterocycles. The molecule has 4 aliphatic carbocycles. The summed E-state index contributed by atoms with van der Waals surface area (Å²) in [7, 11) is 0. The van der Waals surface area contributed by atoms with E-state index in [4.69, 9.17) is 0 Å². The lowest BCUT2D eigenvalue weighted by atomic mass is 9.46. The first-order valence-electron chi connectivity index (χ1n) is 10.2. The SMILES string of the molecule is C[C@@H](O)[C@H]1CC[C@H]2[C@@H]3CC[C@]4(C)C[C@@H](O)CC[C@@H]4[C@H]3CC[C@]12C. The minimum Gasteiger partial charge on any atom is -0.393 e. The molecule has 0 aromatic rings. The van der Waals surface area contributed by atoms with E-state index < -0.39 is 0 Å². The fraction of sp³-hybridized carbons (Fsp3) is 1.00. The molecule has 2 heteroatoms. The zero-order valence-electron chi connectivity index (χ0n) is 15.3. The van der Waals surface area contributed by atoms with Crippen LogP contribution >= 0.6 is 0 Å². The lowest BCUT2D eigenvalue weighted by molar-refractivity contribution is -0.121.